The summed E-state index contributed by atoms with van der Waals surface area (Å²) in [5, 5.41) is 3.69. The van der Waals surface area contributed by atoms with Crippen molar-refractivity contribution < 1.29 is 8.42 Å². The first-order valence-electron chi connectivity index (χ1n) is 12.3. The van der Waals surface area contributed by atoms with Gasteiger partial charge in [-0.2, -0.15) is 0 Å². The summed E-state index contributed by atoms with van der Waals surface area (Å²) in [5.74, 6) is 0. The number of aryl methyl sites for hydroxylation is 1. The van der Waals surface area contributed by atoms with Crippen molar-refractivity contribution in [3.63, 3.8) is 0 Å². The Morgan fingerprint density at radius 2 is 1.43 bits per heavy atom. The molecule has 5 heteroatoms. The molecular formula is C30H34N2O2S. The number of allylic oxidation sites excluding steroid dienone is 4. The molecule has 0 bridgehead atoms. The van der Waals surface area contributed by atoms with Crippen LogP contribution in [0.3, 0.4) is 0 Å². The average Bonchev–Trinajstić information content (AvgIpc) is 2.89. The van der Waals surface area contributed by atoms with Crippen LogP contribution in [0.2, 0.25) is 0 Å². The van der Waals surface area contributed by atoms with Gasteiger partial charge in [-0.25, -0.2) is 13.1 Å². The minimum atomic E-state index is -3.73. The number of hydrogen-bond donors (Lipinski definition) is 2. The Hall–Kier alpha value is -2.99. The summed E-state index contributed by atoms with van der Waals surface area (Å²) in [6, 6.07) is 26.2. The second-order valence-corrected chi connectivity index (χ2v) is 10.8. The average molecular weight is 487 g/mol. The maximum Gasteiger partial charge on any atom is 0.241 e. The molecule has 35 heavy (non-hydrogen) atoms. The lowest BCUT2D eigenvalue weighted by molar-refractivity contribution is 0.420. The van der Waals surface area contributed by atoms with Crippen molar-refractivity contribution in [1.29, 1.82) is 0 Å². The van der Waals surface area contributed by atoms with E-state index in [-0.39, 0.29) is 10.9 Å². The zero-order valence-electron chi connectivity index (χ0n) is 20.2. The van der Waals surface area contributed by atoms with Gasteiger partial charge in [0.15, 0.2) is 0 Å². The van der Waals surface area contributed by atoms with Crippen molar-refractivity contribution in [3.05, 3.63) is 125 Å². The Balaban J connectivity index is 1.60. The fourth-order valence-corrected chi connectivity index (χ4v) is 5.69. The highest BCUT2D eigenvalue weighted by molar-refractivity contribution is 7.89. The monoisotopic (exact) mass is 486 g/mol. The maximum absolute atomic E-state index is 13.4. The van der Waals surface area contributed by atoms with Crippen LogP contribution in [-0.4, -0.2) is 15.0 Å². The van der Waals surface area contributed by atoms with E-state index in [4.69, 9.17) is 0 Å². The van der Waals surface area contributed by atoms with Crippen LogP contribution < -0.4 is 10.0 Å². The number of sulfonamides is 1. The first-order valence-corrected chi connectivity index (χ1v) is 13.8. The van der Waals surface area contributed by atoms with Crippen LogP contribution in [0.1, 0.15) is 54.5 Å². The zero-order chi connectivity index (χ0) is 24.5. The lowest BCUT2D eigenvalue weighted by Gasteiger charge is -2.30. The summed E-state index contributed by atoms with van der Waals surface area (Å²) in [4.78, 5) is 0.271. The van der Waals surface area contributed by atoms with Crippen molar-refractivity contribution in [1.82, 2.24) is 10.0 Å². The first kappa shape index (κ1) is 25.1. The van der Waals surface area contributed by atoms with E-state index in [0.717, 1.165) is 48.9 Å². The smallest absolute Gasteiger partial charge is 0.241 e. The normalized spacial score (nSPS) is 15.4. The predicted molar refractivity (Wildman–Crippen MR) is 144 cm³/mol. The summed E-state index contributed by atoms with van der Waals surface area (Å²) in [7, 11) is -3.73. The quantitative estimate of drug-likeness (QED) is 0.243. The van der Waals surface area contributed by atoms with E-state index in [1.165, 1.54) is 5.57 Å². The largest absolute Gasteiger partial charge is 0.308 e. The number of benzene rings is 3. The van der Waals surface area contributed by atoms with Gasteiger partial charge in [0, 0.05) is 0 Å². The summed E-state index contributed by atoms with van der Waals surface area (Å²) in [5.41, 5.74) is 4.47. The SMILES string of the molecule is Cc1ccc(S(=O)(=O)N[C@@H](c2ccccc2)[C@@H](NCCCC2=CCC=CC2)c2ccccc2)cc1. The molecule has 2 N–H and O–H groups in total. The van der Waals surface area contributed by atoms with Crippen LogP contribution in [0.4, 0.5) is 0 Å². The van der Waals surface area contributed by atoms with Crippen molar-refractivity contribution >= 4 is 10.0 Å². The Kier molecular flexibility index (Phi) is 8.69. The van der Waals surface area contributed by atoms with E-state index in [1.807, 2.05) is 67.6 Å². The van der Waals surface area contributed by atoms with Gasteiger partial charge < -0.3 is 5.32 Å². The second kappa shape index (κ2) is 12.1. The molecule has 182 valence electrons. The highest BCUT2D eigenvalue weighted by Gasteiger charge is 2.29. The van der Waals surface area contributed by atoms with Crippen LogP contribution in [0, 0.1) is 6.92 Å². The third-order valence-electron chi connectivity index (χ3n) is 6.39. The molecule has 3 aromatic carbocycles. The molecule has 0 saturated heterocycles. The molecular weight excluding hydrogens is 452 g/mol. The third-order valence-corrected chi connectivity index (χ3v) is 7.85. The van der Waals surface area contributed by atoms with Crippen molar-refractivity contribution in [2.45, 2.75) is 49.6 Å². The number of rotatable bonds is 11. The topological polar surface area (TPSA) is 58.2 Å². The van der Waals surface area contributed by atoms with Crippen LogP contribution in [0.5, 0.6) is 0 Å². The van der Waals surface area contributed by atoms with E-state index in [0.29, 0.717) is 0 Å². The Morgan fingerprint density at radius 3 is 2.03 bits per heavy atom. The molecule has 0 spiro atoms. The highest BCUT2D eigenvalue weighted by Crippen LogP contribution is 2.31. The van der Waals surface area contributed by atoms with E-state index >= 15 is 0 Å². The fourth-order valence-electron chi connectivity index (χ4n) is 4.46. The molecule has 0 heterocycles. The molecule has 1 aliphatic carbocycles. The Labute approximate surface area is 209 Å². The Bertz CT molecular complexity index is 1230. The van der Waals surface area contributed by atoms with E-state index in [9.17, 15) is 8.42 Å². The molecule has 0 saturated carbocycles. The van der Waals surface area contributed by atoms with Crippen LogP contribution in [0.25, 0.3) is 0 Å². The van der Waals surface area contributed by atoms with Crippen molar-refractivity contribution in [2.75, 3.05) is 6.54 Å². The Morgan fingerprint density at radius 1 is 0.800 bits per heavy atom. The predicted octanol–water partition coefficient (Wildman–Crippen LogP) is 6.40. The minimum Gasteiger partial charge on any atom is -0.308 e. The van der Waals surface area contributed by atoms with Gasteiger partial charge in [0.2, 0.25) is 10.0 Å². The van der Waals surface area contributed by atoms with Gasteiger partial charge in [0.25, 0.3) is 0 Å². The molecule has 4 nitrogen and oxygen atoms in total. The standard InChI is InChI=1S/C30H34N2O2S/c1-24-19-21-28(22-20-24)35(33,34)32-30(27-17-9-4-10-18-27)29(26-15-7-3-8-16-26)31-23-11-14-25-12-5-2-6-13-25/h2-5,7-10,13,15-22,29-32H,6,11-12,14,23H2,1H3/t29-,30-/m0/s1. The third kappa shape index (κ3) is 7.01. The fraction of sp³-hybridized carbons (Fsp3) is 0.267. The van der Waals surface area contributed by atoms with Crippen LogP contribution >= 0.6 is 0 Å². The van der Waals surface area contributed by atoms with Gasteiger partial charge in [0.1, 0.15) is 0 Å². The lowest BCUT2D eigenvalue weighted by Crippen LogP contribution is -2.39. The summed E-state index contributed by atoms with van der Waals surface area (Å²) in [6.45, 7) is 2.74. The molecule has 0 aromatic heterocycles. The van der Waals surface area contributed by atoms with Crippen LogP contribution in [0.15, 0.2) is 114 Å². The molecule has 0 amide bonds. The summed E-state index contributed by atoms with van der Waals surface area (Å²) in [6.07, 6.45) is 10.9. The van der Waals surface area contributed by atoms with Gasteiger partial charge >= 0.3 is 0 Å². The summed E-state index contributed by atoms with van der Waals surface area (Å²) >= 11 is 0. The van der Waals surface area contributed by atoms with Gasteiger partial charge in [-0.3, -0.25) is 0 Å². The molecule has 2 atom stereocenters. The van der Waals surface area contributed by atoms with Gasteiger partial charge in [0.05, 0.1) is 17.0 Å². The first-order chi connectivity index (χ1) is 17.0. The molecule has 0 unspecified atom stereocenters. The van der Waals surface area contributed by atoms with Crippen LogP contribution in [-0.2, 0) is 10.0 Å². The minimum absolute atomic E-state index is 0.223. The summed E-state index contributed by atoms with van der Waals surface area (Å²) < 4.78 is 29.9. The van der Waals surface area contributed by atoms with Gasteiger partial charge in [-0.05, 0) is 62.4 Å². The lowest BCUT2D eigenvalue weighted by atomic mass is 9.93. The second-order valence-electron chi connectivity index (χ2n) is 9.04. The van der Waals surface area contributed by atoms with Gasteiger partial charge in [-0.15, -0.1) is 0 Å². The van der Waals surface area contributed by atoms with Crippen molar-refractivity contribution in [2.24, 2.45) is 0 Å². The number of nitrogens with one attached hydrogen (secondary N) is 2. The molecule has 0 radical (unpaired) electrons. The maximum atomic E-state index is 13.4. The van der Waals surface area contributed by atoms with Crippen molar-refractivity contribution in [3.8, 4) is 0 Å². The zero-order valence-corrected chi connectivity index (χ0v) is 21.0. The van der Waals surface area contributed by atoms with Gasteiger partial charge in [-0.1, -0.05) is 102 Å². The molecule has 0 aliphatic heterocycles. The van der Waals surface area contributed by atoms with E-state index in [2.05, 4.69) is 40.4 Å². The number of hydrogen-bond acceptors (Lipinski definition) is 3. The molecule has 1 aliphatic rings. The molecule has 3 aromatic rings. The molecule has 0 fully saturated rings. The molecule has 4 rings (SSSR count). The van der Waals surface area contributed by atoms with E-state index in [1.54, 1.807) is 12.1 Å². The highest BCUT2D eigenvalue weighted by atomic mass is 32.2. The van der Waals surface area contributed by atoms with E-state index < -0.39 is 16.1 Å².